The number of anilines is 1. The van der Waals surface area contributed by atoms with E-state index in [4.69, 9.17) is 0 Å². The number of carbonyl (C=O) groups is 1. The first-order valence-corrected chi connectivity index (χ1v) is 10.9. The fourth-order valence-corrected chi connectivity index (χ4v) is 4.87. The van der Waals surface area contributed by atoms with Crippen LogP contribution in [0.1, 0.15) is 37.8 Å². The minimum atomic E-state index is -3.68. The summed E-state index contributed by atoms with van der Waals surface area (Å²) < 4.78 is 28.1. The normalized spacial score (nSPS) is 16.0. The van der Waals surface area contributed by atoms with Gasteiger partial charge in [-0.1, -0.05) is 35.9 Å². The number of sulfonamides is 1. The van der Waals surface area contributed by atoms with Gasteiger partial charge in [-0.05, 0) is 57.4 Å². The van der Waals surface area contributed by atoms with E-state index in [1.807, 2.05) is 39.0 Å². The maximum absolute atomic E-state index is 13.3. The Hall–Kier alpha value is -2.60. The number of benzene rings is 2. The Morgan fingerprint density at radius 3 is 2.46 bits per heavy atom. The van der Waals surface area contributed by atoms with E-state index < -0.39 is 10.0 Å². The smallest absolute Gasteiger partial charge is 0.264 e. The minimum Gasteiger partial charge on any atom is -0.350 e. The number of nitrogens with zero attached hydrogens (tertiary/aromatic N) is 1. The highest BCUT2D eigenvalue weighted by atomic mass is 32.2. The molecule has 1 aliphatic heterocycles. The zero-order valence-corrected chi connectivity index (χ0v) is 17.3. The molecule has 1 N–H and O–H groups in total. The van der Waals surface area contributed by atoms with Crippen LogP contribution in [0.5, 0.6) is 0 Å². The van der Waals surface area contributed by atoms with Gasteiger partial charge in [0.05, 0.1) is 10.6 Å². The average Bonchev–Trinajstić information content (AvgIpc) is 2.82. The number of amides is 1. The van der Waals surface area contributed by atoms with Crippen molar-refractivity contribution >= 4 is 27.2 Å². The second kappa shape index (κ2) is 8.19. The van der Waals surface area contributed by atoms with Crippen LogP contribution < -0.4 is 9.62 Å². The molecule has 1 aliphatic rings. The second-order valence-electron chi connectivity index (χ2n) is 7.34. The highest BCUT2D eigenvalue weighted by molar-refractivity contribution is 7.92. The lowest BCUT2D eigenvalue weighted by Gasteiger charge is -2.24. The molecule has 0 radical (unpaired) electrons. The summed E-state index contributed by atoms with van der Waals surface area (Å²) in [6.07, 6.45) is 2.88. The first-order valence-electron chi connectivity index (χ1n) is 9.49. The third kappa shape index (κ3) is 4.28. The molecule has 0 spiro atoms. The van der Waals surface area contributed by atoms with Crippen LogP contribution in [0.4, 0.5) is 5.69 Å². The van der Waals surface area contributed by atoms with Gasteiger partial charge in [-0.25, -0.2) is 8.42 Å². The van der Waals surface area contributed by atoms with Crippen molar-refractivity contribution in [1.82, 2.24) is 5.32 Å². The summed E-state index contributed by atoms with van der Waals surface area (Å²) >= 11 is 0. The van der Waals surface area contributed by atoms with Gasteiger partial charge in [0.1, 0.15) is 0 Å². The molecule has 0 fully saturated rings. The molecule has 0 bridgehead atoms. The Kier molecular flexibility index (Phi) is 5.89. The monoisotopic (exact) mass is 398 g/mol. The van der Waals surface area contributed by atoms with Crippen LogP contribution in [-0.2, 0) is 14.8 Å². The van der Waals surface area contributed by atoms with Crippen molar-refractivity contribution in [1.29, 1.82) is 0 Å². The van der Waals surface area contributed by atoms with Crippen molar-refractivity contribution < 1.29 is 13.2 Å². The molecule has 28 heavy (non-hydrogen) atoms. The molecule has 0 unspecified atom stereocenters. The molecular formula is C22H26N2O3S. The third-order valence-electron chi connectivity index (χ3n) is 4.67. The van der Waals surface area contributed by atoms with Gasteiger partial charge in [-0.15, -0.1) is 0 Å². The van der Waals surface area contributed by atoms with Gasteiger partial charge in [0.25, 0.3) is 10.0 Å². The number of hydrogen-bond acceptors (Lipinski definition) is 3. The van der Waals surface area contributed by atoms with Crippen LogP contribution in [0.15, 0.2) is 59.5 Å². The van der Waals surface area contributed by atoms with E-state index in [1.54, 1.807) is 36.4 Å². The molecule has 3 rings (SSSR count). The van der Waals surface area contributed by atoms with Crippen LogP contribution in [-0.4, -0.2) is 26.9 Å². The van der Waals surface area contributed by atoms with E-state index in [0.29, 0.717) is 25.1 Å². The largest absolute Gasteiger partial charge is 0.350 e. The number of hydrogen-bond donors (Lipinski definition) is 1. The van der Waals surface area contributed by atoms with Crippen molar-refractivity contribution in [3.8, 4) is 0 Å². The van der Waals surface area contributed by atoms with Gasteiger partial charge < -0.3 is 5.32 Å². The first kappa shape index (κ1) is 20.1. The van der Waals surface area contributed by atoms with Crippen LogP contribution in [0, 0.1) is 6.92 Å². The van der Waals surface area contributed by atoms with Crippen LogP contribution in [0.3, 0.4) is 0 Å². The molecule has 5 nitrogen and oxygen atoms in total. The maximum Gasteiger partial charge on any atom is 0.264 e. The van der Waals surface area contributed by atoms with E-state index in [1.165, 1.54) is 4.31 Å². The number of nitrogens with one attached hydrogen (secondary N) is 1. The number of para-hydroxylation sites is 1. The fraction of sp³-hybridized carbons (Fsp3) is 0.318. The number of carbonyl (C=O) groups excluding carboxylic acids is 1. The molecule has 0 saturated heterocycles. The molecule has 2 aromatic carbocycles. The molecule has 6 heteroatoms. The number of fused-ring (bicyclic) bond motifs is 1. The Labute approximate surface area is 167 Å². The Bertz CT molecular complexity index is 993. The van der Waals surface area contributed by atoms with Gasteiger partial charge in [0.15, 0.2) is 0 Å². The summed E-state index contributed by atoms with van der Waals surface area (Å²) in [4.78, 5) is 12.5. The third-order valence-corrected chi connectivity index (χ3v) is 6.50. The van der Waals surface area contributed by atoms with Crippen LogP contribution in [0.2, 0.25) is 0 Å². The summed E-state index contributed by atoms with van der Waals surface area (Å²) in [5, 5.41) is 2.87. The topological polar surface area (TPSA) is 66.5 Å². The zero-order valence-electron chi connectivity index (χ0n) is 16.5. The molecular weight excluding hydrogens is 372 g/mol. The zero-order chi connectivity index (χ0) is 20.3. The Morgan fingerprint density at radius 2 is 1.79 bits per heavy atom. The molecule has 1 heterocycles. The predicted molar refractivity (Wildman–Crippen MR) is 113 cm³/mol. The summed E-state index contributed by atoms with van der Waals surface area (Å²) in [7, 11) is -3.68. The number of rotatable bonds is 4. The maximum atomic E-state index is 13.3. The van der Waals surface area contributed by atoms with Gasteiger partial charge in [-0.2, -0.15) is 0 Å². The van der Waals surface area contributed by atoms with E-state index in [9.17, 15) is 13.2 Å². The van der Waals surface area contributed by atoms with Crippen molar-refractivity contribution in [2.45, 2.75) is 44.6 Å². The lowest BCUT2D eigenvalue weighted by Crippen LogP contribution is -2.31. The molecule has 0 aromatic heterocycles. The molecule has 0 saturated carbocycles. The highest BCUT2D eigenvalue weighted by Gasteiger charge is 2.29. The van der Waals surface area contributed by atoms with Gasteiger partial charge in [0, 0.05) is 24.2 Å². The van der Waals surface area contributed by atoms with Gasteiger partial charge in [-0.3, -0.25) is 9.10 Å². The minimum absolute atomic E-state index is 0.0452. The van der Waals surface area contributed by atoms with Gasteiger partial charge >= 0.3 is 0 Å². The van der Waals surface area contributed by atoms with Crippen molar-refractivity contribution in [3.05, 3.63) is 65.7 Å². The predicted octanol–water partition coefficient (Wildman–Crippen LogP) is 3.89. The van der Waals surface area contributed by atoms with E-state index in [-0.39, 0.29) is 16.8 Å². The van der Waals surface area contributed by atoms with Crippen molar-refractivity contribution in [3.63, 3.8) is 0 Å². The quantitative estimate of drug-likeness (QED) is 0.795. The summed E-state index contributed by atoms with van der Waals surface area (Å²) in [6.45, 7) is 6.12. The fourth-order valence-electron chi connectivity index (χ4n) is 3.35. The second-order valence-corrected chi connectivity index (χ2v) is 9.21. The van der Waals surface area contributed by atoms with Crippen LogP contribution >= 0.6 is 0 Å². The SMILES string of the molecule is Cc1ccc(S(=O)(=O)N2CCCC(=CC(=O)NC(C)C)c3ccccc32)cc1. The van der Waals surface area contributed by atoms with E-state index >= 15 is 0 Å². The standard InChI is InChI=1S/C22H26N2O3S/c1-16(2)23-22(25)15-18-7-6-14-24(21-9-5-4-8-20(18)21)28(26,27)19-12-10-17(3)11-13-19/h4-5,8-13,15-16H,6-7,14H2,1-3H3,(H,23,25). The lowest BCUT2D eigenvalue weighted by molar-refractivity contribution is -0.116. The highest BCUT2D eigenvalue weighted by Crippen LogP contribution is 2.36. The average molecular weight is 399 g/mol. The molecule has 0 atom stereocenters. The molecule has 0 aliphatic carbocycles. The van der Waals surface area contributed by atoms with Crippen molar-refractivity contribution in [2.75, 3.05) is 10.8 Å². The molecule has 1 amide bonds. The summed E-state index contributed by atoms with van der Waals surface area (Å²) in [5.41, 5.74) is 3.27. The van der Waals surface area contributed by atoms with E-state index in [2.05, 4.69) is 5.32 Å². The number of aryl methyl sites for hydroxylation is 1. The summed E-state index contributed by atoms with van der Waals surface area (Å²) in [6, 6.07) is 14.3. The molecule has 2 aromatic rings. The number of allylic oxidation sites excluding steroid dienone is 1. The van der Waals surface area contributed by atoms with Gasteiger partial charge in [0.2, 0.25) is 5.91 Å². The van der Waals surface area contributed by atoms with E-state index in [0.717, 1.165) is 16.7 Å². The summed E-state index contributed by atoms with van der Waals surface area (Å²) in [5.74, 6) is -0.158. The molecule has 148 valence electrons. The lowest BCUT2D eigenvalue weighted by atomic mass is 10.0. The first-order chi connectivity index (χ1) is 13.3. The Morgan fingerprint density at radius 1 is 1.11 bits per heavy atom. The van der Waals surface area contributed by atoms with Crippen molar-refractivity contribution in [2.24, 2.45) is 0 Å². The Balaban J connectivity index is 2.05. The van der Waals surface area contributed by atoms with Crippen LogP contribution in [0.25, 0.3) is 5.57 Å².